The van der Waals surface area contributed by atoms with E-state index in [1.165, 1.54) is 6.39 Å². The van der Waals surface area contributed by atoms with E-state index in [1.807, 2.05) is 26.0 Å². The van der Waals surface area contributed by atoms with Gasteiger partial charge in [-0.25, -0.2) is 0 Å². The fourth-order valence-electron chi connectivity index (χ4n) is 2.76. The number of ether oxygens (including phenoxy) is 1. The number of carbonyl (C=O) groups is 1. The molecule has 2 aromatic heterocycles. The van der Waals surface area contributed by atoms with Gasteiger partial charge in [-0.1, -0.05) is 0 Å². The number of esters is 1. The summed E-state index contributed by atoms with van der Waals surface area (Å²) in [6.45, 7) is 4.07. The van der Waals surface area contributed by atoms with Gasteiger partial charge in [0.05, 0.1) is 12.7 Å². The average molecular weight is 348 g/mol. The van der Waals surface area contributed by atoms with Gasteiger partial charge in [-0.05, 0) is 61.4 Å². The highest BCUT2D eigenvalue weighted by Gasteiger charge is 2.14. The smallest absolute Gasteiger partial charge is 0.315 e. The molecule has 6 heteroatoms. The molecule has 2 heterocycles. The first-order valence-electron chi connectivity index (χ1n) is 8.15. The van der Waals surface area contributed by atoms with Crippen LogP contribution in [0.2, 0.25) is 0 Å². The third-order valence-electron chi connectivity index (χ3n) is 4.30. The van der Waals surface area contributed by atoms with Crippen LogP contribution in [-0.2, 0) is 11.2 Å². The molecule has 0 amide bonds. The summed E-state index contributed by atoms with van der Waals surface area (Å²) in [6, 6.07) is 10.9. The maximum atomic E-state index is 12.3. The van der Waals surface area contributed by atoms with E-state index in [9.17, 15) is 4.79 Å². The van der Waals surface area contributed by atoms with Crippen molar-refractivity contribution >= 4 is 16.9 Å². The highest BCUT2D eigenvalue weighted by molar-refractivity contribution is 5.87. The summed E-state index contributed by atoms with van der Waals surface area (Å²) < 4.78 is 16.1. The number of carbonyl (C=O) groups excluding carboxylic acids is 1. The van der Waals surface area contributed by atoms with Crippen molar-refractivity contribution in [1.82, 2.24) is 10.2 Å². The highest BCUT2D eigenvalue weighted by atomic mass is 16.5. The Kier molecular flexibility index (Phi) is 4.01. The van der Waals surface area contributed by atoms with Gasteiger partial charge in [0.2, 0.25) is 12.3 Å². The topological polar surface area (TPSA) is 78.4 Å². The molecule has 4 rings (SSSR count). The van der Waals surface area contributed by atoms with E-state index >= 15 is 0 Å². The Hall–Kier alpha value is -3.41. The van der Waals surface area contributed by atoms with E-state index in [1.54, 1.807) is 30.5 Å². The number of hydrogen-bond donors (Lipinski definition) is 0. The molecule has 0 N–H and O–H groups in total. The first-order valence-corrected chi connectivity index (χ1v) is 8.15. The zero-order chi connectivity index (χ0) is 18.1. The largest absolute Gasteiger partial charge is 0.464 e. The third-order valence-corrected chi connectivity index (χ3v) is 4.30. The number of fused-ring (bicyclic) bond motifs is 1. The summed E-state index contributed by atoms with van der Waals surface area (Å²) in [5.41, 5.74) is 4.66. The second-order valence-corrected chi connectivity index (χ2v) is 6.11. The Balaban J connectivity index is 1.48. The SMILES string of the molecule is Cc1cc2occ(CC(=O)Oc3ccc(-c4nnco4)cc3)c2cc1C. The predicted octanol–water partition coefficient (Wildman–Crippen LogP) is 4.25. The fraction of sp³-hybridized carbons (Fsp3) is 0.150. The lowest BCUT2D eigenvalue weighted by Gasteiger charge is -2.05. The van der Waals surface area contributed by atoms with Crippen molar-refractivity contribution in [2.24, 2.45) is 0 Å². The number of hydrogen-bond acceptors (Lipinski definition) is 6. The Labute approximate surface area is 149 Å². The zero-order valence-electron chi connectivity index (χ0n) is 14.4. The van der Waals surface area contributed by atoms with Crippen molar-refractivity contribution in [3.8, 4) is 17.2 Å². The molecule has 0 spiro atoms. The molecule has 0 fully saturated rings. The molecular formula is C20H16N2O4. The van der Waals surface area contributed by atoms with Gasteiger partial charge in [0, 0.05) is 16.5 Å². The maximum Gasteiger partial charge on any atom is 0.315 e. The van der Waals surface area contributed by atoms with E-state index in [0.717, 1.165) is 33.2 Å². The molecule has 0 aliphatic rings. The van der Waals surface area contributed by atoms with Crippen molar-refractivity contribution in [2.75, 3.05) is 0 Å². The minimum absolute atomic E-state index is 0.140. The average Bonchev–Trinajstić information content (AvgIpc) is 3.27. The molecule has 0 saturated heterocycles. The molecule has 4 aromatic rings. The zero-order valence-corrected chi connectivity index (χ0v) is 14.4. The lowest BCUT2D eigenvalue weighted by atomic mass is 10.0. The molecule has 0 aliphatic heterocycles. The third kappa shape index (κ3) is 3.09. The van der Waals surface area contributed by atoms with Gasteiger partial charge in [0.25, 0.3) is 0 Å². The van der Waals surface area contributed by atoms with Crippen LogP contribution in [0.3, 0.4) is 0 Å². The van der Waals surface area contributed by atoms with Crippen LogP contribution in [0.4, 0.5) is 0 Å². The number of furan rings is 1. The van der Waals surface area contributed by atoms with Gasteiger partial charge in [0.15, 0.2) is 0 Å². The molecule has 0 atom stereocenters. The fourth-order valence-corrected chi connectivity index (χ4v) is 2.76. The molecular weight excluding hydrogens is 332 g/mol. The molecule has 2 aromatic carbocycles. The van der Waals surface area contributed by atoms with Crippen molar-refractivity contribution in [1.29, 1.82) is 0 Å². The van der Waals surface area contributed by atoms with Crippen LogP contribution in [-0.4, -0.2) is 16.2 Å². The Morgan fingerprint density at radius 3 is 2.58 bits per heavy atom. The molecule has 26 heavy (non-hydrogen) atoms. The lowest BCUT2D eigenvalue weighted by Crippen LogP contribution is -2.10. The van der Waals surface area contributed by atoms with Crippen LogP contribution in [0.25, 0.3) is 22.4 Å². The molecule has 0 unspecified atom stereocenters. The minimum Gasteiger partial charge on any atom is -0.464 e. The van der Waals surface area contributed by atoms with Crippen molar-refractivity contribution < 1.29 is 18.4 Å². The second kappa shape index (κ2) is 6.48. The lowest BCUT2D eigenvalue weighted by molar-refractivity contribution is -0.133. The van der Waals surface area contributed by atoms with E-state index in [0.29, 0.717) is 11.6 Å². The minimum atomic E-state index is -0.350. The summed E-state index contributed by atoms with van der Waals surface area (Å²) in [5, 5.41) is 8.41. The van der Waals surface area contributed by atoms with Crippen LogP contribution in [0.5, 0.6) is 5.75 Å². The summed E-state index contributed by atoms with van der Waals surface area (Å²) >= 11 is 0. The predicted molar refractivity (Wildman–Crippen MR) is 94.8 cm³/mol. The number of nitrogens with zero attached hydrogens (tertiary/aromatic N) is 2. The molecule has 6 nitrogen and oxygen atoms in total. The van der Waals surface area contributed by atoms with E-state index < -0.39 is 0 Å². The van der Waals surface area contributed by atoms with E-state index in [4.69, 9.17) is 13.6 Å². The van der Waals surface area contributed by atoms with Crippen LogP contribution in [0, 0.1) is 13.8 Å². The van der Waals surface area contributed by atoms with Crippen molar-refractivity contribution in [3.05, 3.63) is 65.7 Å². The van der Waals surface area contributed by atoms with Crippen molar-refractivity contribution in [3.63, 3.8) is 0 Å². The number of rotatable bonds is 4. The summed E-state index contributed by atoms with van der Waals surface area (Å²) in [5.74, 6) is 0.521. The molecule has 0 radical (unpaired) electrons. The van der Waals surface area contributed by atoms with Crippen LogP contribution in [0.1, 0.15) is 16.7 Å². The Morgan fingerprint density at radius 2 is 1.85 bits per heavy atom. The van der Waals surface area contributed by atoms with Gasteiger partial charge in [-0.15, -0.1) is 10.2 Å². The van der Waals surface area contributed by atoms with Gasteiger partial charge in [-0.3, -0.25) is 4.79 Å². The number of aryl methyl sites for hydroxylation is 2. The van der Waals surface area contributed by atoms with Gasteiger partial charge < -0.3 is 13.6 Å². The van der Waals surface area contributed by atoms with Crippen molar-refractivity contribution in [2.45, 2.75) is 20.3 Å². The van der Waals surface area contributed by atoms with Gasteiger partial charge >= 0.3 is 5.97 Å². The molecule has 0 saturated carbocycles. The molecule has 130 valence electrons. The monoisotopic (exact) mass is 348 g/mol. The quantitative estimate of drug-likeness (QED) is 0.405. The second-order valence-electron chi connectivity index (χ2n) is 6.11. The van der Waals surface area contributed by atoms with Gasteiger partial charge in [-0.2, -0.15) is 0 Å². The normalized spacial score (nSPS) is 11.0. The standard InChI is InChI=1S/C20H16N2O4/c1-12-7-17-15(10-24-18(17)8-13(12)2)9-19(23)26-16-5-3-14(4-6-16)20-22-21-11-25-20/h3-8,10-11H,9H2,1-2H3. The number of benzene rings is 2. The summed E-state index contributed by atoms with van der Waals surface area (Å²) in [7, 11) is 0. The Morgan fingerprint density at radius 1 is 1.08 bits per heavy atom. The van der Waals surface area contributed by atoms with Crippen LogP contribution < -0.4 is 4.74 Å². The molecule has 0 bridgehead atoms. The van der Waals surface area contributed by atoms with Crippen LogP contribution in [0.15, 0.2) is 57.9 Å². The Bertz CT molecular complexity index is 1060. The van der Waals surface area contributed by atoms with E-state index in [2.05, 4.69) is 10.2 Å². The van der Waals surface area contributed by atoms with Crippen LogP contribution >= 0.6 is 0 Å². The first-order chi connectivity index (χ1) is 12.6. The van der Waals surface area contributed by atoms with E-state index in [-0.39, 0.29) is 12.4 Å². The van der Waals surface area contributed by atoms with Gasteiger partial charge in [0.1, 0.15) is 11.3 Å². The first kappa shape index (κ1) is 16.1. The highest BCUT2D eigenvalue weighted by Crippen LogP contribution is 2.26. The summed E-state index contributed by atoms with van der Waals surface area (Å²) in [6.07, 6.45) is 3.02. The molecule has 0 aliphatic carbocycles. The number of aromatic nitrogens is 2. The maximum absolute atomic E-state index is 12.3. The summed E-state index contributed by atoms with van der Waals surface area (Å²) in [4.78, 5) is 12.3.